The first kappa shape index (κ1) is 37.3. The van der Waals surface area contributed by atoms with Crippen LogP contribution in [0.2, 0.25) is 18.6 Å². The van der Waals surface area contributed by atoms with Crippen molar-refractivity contribution in [3.63, 3.8) is 0 Å². The Bertz CT molecular complexity index is 2050. The van der Waals surface area contributed by atoms with Crippen LogP contribution in [-0.4, -0.2) is 85.4 Å². The number of aliphatic hydroxyl groups excluding tert-OH is 1. The number of halogens is 1. The molecule has 0 radical (unpaired) electrons. The number of nitrogens with zero attached hydrogens (tertiary/aromatic N) is 6. The number of aliphatic hydroxyl groups is 1. The summed E-state index contributed by atoms with van der Waals surface area (Å²) < 4.78 is 30.8. The number of methoxy groups -OCH3 is 1. The van der Waals surface area contributed by atoms with Gasteiger partial charge in [-0.2, -0.15) is 0 Å². The highest BCUT2D eigenvalue weighted by Crippen LogP contribution is 2.61. The molecule has 8 rings (SSSR count). The van der Waals surface area contributed by atoms with Gasteiger partial charge in [-0.05, 0) is 93.5 Å². The lowest BCUT2D eigenvalue weighted by Gasteiger charge is -2.39. The van der Waals surface area contributed by atoms with Crippen molar-refractivity contribution in [1.29, 1.82) is 0 Å². The maximum Gasteiger partial charge on any atom is 0.264 e. The minimum Gasteiger partial charge on any atom is -0.497 e. The monoisotopic (exact) mass is 767 g/mol. The number of nitrogens with one attached hydrogen (secondary N) is 1. The number of carbonyl (C=O) groups excluding carboxylic acids is 2. The van der Waals surface area contributed by atoms with Gasteiger partial charge in [0.15, 0.2) is 5.60 Å². The summed E-state index contributed by atoms with van der Waals surface area (Å²) in [6.45, 7) is 7.94. The van der Waals surface area contributed by atoms with Crippen LogP contribution in [0.3, 0.4) is 0 Å². The molecule has 2 N–H and O–H groups in total. The molecule has 2 amide bonds. The maximum atomic E-state index is 16.5. The molecule has 0 saturated carbocycles. The van der Waals surface area contributed by atoms with Crippen LogP contribution in [0.4, 0.5) is 21.2 Å². The zero-order valence-corrected chi connectivity index (χ0v) is 33.0. The Morgan fingerprint density at radius 1 is 1.02 bits per heavy atom. The van der Waals surface area contributed by atoms with Gasteiger partial charge in [-0.1, -0.05) is 42.5 Å². The van der Waals surface area contributed by atoms with E-state index in [9.17, 15) is 9.90 Å². The average Bonchev–Trinajstić information content (AvgIpc) is 3.90. The number of carbonyl (C=O) groups is 2. The van der Waals surface area contributed by atoms with Crippen molar-refractivity contribution in [2.24, 2.45) is 5.92 Å². The number of rotatable bonds is 11. The third-order valence-corrected chi connectivity index (χ3v) is 14.7. The lowest BCUT2D eigenvalue weighted by Crippen LogP contribution is -2.55. The first-order valence-electron chi connectivity index (χ1n) is 19.3. The second-order valence-electron chi connectivity index (χ2n) is 15.9. The Morgan fingerprint density at radius 3 is 2.51 bits per heavy atom. The fourth-order valence-electron chi connectivity index (χ4n) is 9.69. The number of hydrogen-bond acceptors (Lipinski definition) is 9. The van der Waals surface area contributed by atoms with Gasteiger partial charge >= 0.3 is 0 Å². The van der Waals surface area contributed by atoms with E-state index < -0.39 is 37.1 Å². The van der Waals surface area contributed by atoms with Gasteiger partial charge in [0.2, 0.25) is 8.41 Å². The second-order valence-corrected chi connectivity index (χ2v) is 19.7. The molecular weight excluding hydrogens is 718 g/mol. The van der Waals surface area contributed by atoms with Crippen molar-refractivity contribution < 1.29 is 28.3 Å². The predicted octanol–water partition coefficient (Wildman–Crippen LogP) is 5.17. The first-order valence-corrected chi connectivity index (χ1v) is 22.3. The Labute approximate surface area is 322 Å². The highest BCUT2D eigenvalue weighted by molar-refractivity contribution is 6.72. The molecule has 2 spiro atoms. The van der Waals surface area contributed by atoms with Gasteiger partial charge in [0.05, 0.1) is 37.8 Å². The van der Waals surface area contributed by atoms with Crippen molar-refractivity contribution in [1.82, 2.24) is 20.3 Å². The summed E-state index contributed by atoms with van der Waals surface area (Å²) in [6, 6.07) is 23.6. The molecule has 3 saturated heterocycles. The molecule has 55 heavy (non-hydrogen) atoms. The summed E-state index contributed by atoms with van der Waals surface area (Å²) in [4.78, 5) is 35.4. The minimum atomic E-state index is -3.39. The Kier molecular flexibility index (Phi) is 9.81. The fraction of sp³-hybridized carbons (Fsp3) is 0.463. The Balaban J connectivity index is 1.10. The van der Waals surface area contributed by atoms with Crippen LogP contribution in [0.5, 0.6) is 5.75 Å². The van der Waals surface area contributed by atoms with Gasteiger partial charge in [-0.25, -0.2) is 0 Å². The van der Waals surface area contributed by atoms with Crippen LogP contribution < -0.4 is 24.8 Å². The molecule has 4 aliphatic rings. The van der Waals surface area contributed by atoms with Gasteiger partial charge in [-0.3, -0.25) is 19.2 Å². The van der Waals surface area contributed by atoms with Crippen LogP contribution in [0.15, 0.2) is 79.0 Å². The third-order valence-electron chi connectivity index (χ3n) is 12.3. The van der Waals surface area contributed by atoms with E-state index in [4.69, 9.17) is 9.47 Å². The summed E-state index contributed by atoms with van der Waals surface area (Å²) in [5.41, 5.74) is 2.19. The van der Waals surface area contributed by atoms with Crippen LogP contribution >= 0.6 is 0 Å². The third kappa shape index (κ3) is 6.32. The van der Waals surface area contributed by atoms with Gasteiger partial charge in [0.25, 0.3) is 11.8 Å². The highest BCUT2D eigenvalue weighted by Gasteiger charge is 2.66. The van der Waals surface area contributed by atoms with Crippen molar-refractivity contribution in [2.45, 2.75) is 81.6 Å². The summed E-state index contributed by atoms with van der Waals surface area (Å²) in [7, 11) is -1.80. The molecule has 1 aromatic heterocycles. The number of aryl methyl sites for hydroxylation is 1. The largest absolute Gasteiger partial charge is 0.497 e. The molecule has 4 atom stereocenters. The van der Waals surface area contributed by atoms with Crippen molar-refractivity contribution >= 4 is 37.3 Å². The number of hydrogen-bond donors (Lipinski definition) is 2. The molecule has 0 aliphatic carbocycles. The molecule has 5 heterocycles. The van der Waals surface area contributed by atoms with Crippen molar-refractivity contribution in [2.75, 3.05) is 48.2 Å². The van der Waals surface area contributed by atoms with Gasteiger partial charge < -0.3 is 33.8 Å². The van der Waals surface area contributed by atoms with E-state index in [-0.39, 0.29) is 25.0 Å². The summed E-state index contributed by atoms with van der Waals surface area (Å²) in [5, 5.41) is 21.1. The molecular formula is C41H50FN7O5Si. The molecule has 14 heteroatoms. The van der Waals surface area contributed by atoms with Crippen LogP contribution in [0.25, 0.3) is 0 Å². The number of amides is 2. The molecule has 290 valence electrons. The maximum absolute atomic E-state index is 16.5. The van der Waals surface area contributed by atoms with E-state index in [1.807, 2.05) is 72.5 Å². The summed E-state index contributed by atoms with van der Waals surface area (Å²) in [6.07, 6.45) is 3.50. The molecule has 0 bridgehead atoms. The van der Waals surface area contributed by atoms with Gasteiger partial charge in [0.1, 0.15) is 11.3 Å². The molecule has 12 nitrogen and oxygen atoms in total. The predicted molar refractivity (Wildman–Crippen MR) is 210 cm³/mol. The van der Waals surface area contributed by atoms with Crippen LogP contribution in [0.1, 0.15) is 43.0 Å². The number of fused-ring (bicyclic) bond motifs is 2. The van der Waals surface area contributed by atoms with Crippen LogP contribution in [0, 0.1) is 5.92 Å². The number of piperidine rings is 1. The van der Waals surface area contributed by atoms with E-state index in [2.05, 4.69) is 32.7 Å². The van der Waals surface area contributed by atoms with Crippen LogP contribution in [-0.2, 0) is 39.4 Å². The first-order chi connectivity index (χ1) is 26.5. The molecule has 0 unspecified atom stereocenters. The van der Waals surface area contributed by atoms with E-state index in [0.717, 1.165) is 30.0 Å². The lowest BCUT2D eigenvalue weighted by atomic mass is 9.82. The van der Waals surface area contributed by atoms with E-state index in [1.54, 1.807) is 36.0 Å². The van der Waals surface area contributed by atoms with Crippen molar-refractivity contribution in [3.05, 3.63) is 95.8 Å². The molecule has 3 aromatic carbocycles. The number of aromatic nitrogens is 3. The van der Waals surface area contributed by atoms with E-state index in [1.165, 1.54) is 0 Å². The number of ether oxygens (including phenoxy) is 2. The number of benzene rings is 3. The smallest absolute Gasteiger partial charge is 0.264 e. The number of para-hydroxylation sites is 1. The second kappa shape index (κ2) is 14.5. The van der Waals surface area contributed by atoms with E-state index >= 15 is 8.90 Å². The fourth-order valence-corrected chi connectivity index (χ4v) is 12.2. The average molecular weight is 768 g/mol. The topological polar surface area (TPSA) is 125 Å². The standard InChI is InChI=1S/C41H50FN7O5Si/c1-28-37(55(3,4)42)36(15-21-46-26-30(16-22-50)44-45-46)54-41(28)34-24-33(53-2)13-14-35(34)47(39(41)52)25-29-9-8-12-32(23-29)48-27-49(31-10-6-5-7-11-31)40(38(48)51)17-19-43-20-18-40/h5-14,23-24,26,28,36-37,43,50H,15-22,25,27H2,1-4H3/t28-,36+,37-,41+/m1/s1. The summed E-state index contributed by atoms with van der Waals surface area (Å²) in [5.74, 6) is -0.0235. The van der Waals surface area contributed by atoms with E-state index in [0.29, 0.717) is 61.6 Å². The normalized spacial score (nSPS) is 24.8. The molecule has 4 aromatic rings. The zero-order valence-electron chi connectivity index (χ0n) is 32.0. The quantitative estimate of drug-likeness (QED) is 0.157. The molecule has 3 fully saturated rings. The van der Waals surface area contributed by atoms with Crippen molar-refractivity contribution in [3.8, 4) is 5.75 Å². The molecule has 4 aliphatic heterocycles. The van der Waals surface area contributed by atoms with Gasteiger partial charge in [-0.15, -0.1) is 5.10 Å². The summed E-state index contributed by atoms with van der Waals surface area (Å²) >= 11 is 0. The Morgan fingerprint density at radius 2 is 1.78 bits per heavy atom. The van der Waals surface area contributed by atoms with Gasteiger partial charge in [0, 0.05) is 54.2 Å². The lowest BCUT2D eigenvalue weighted by molar-refractivity contribution is -0.146. The zero-order chi connectivity index (χ0) is 38.5. The highest BCUT2D eigenvalue weighted by atomic mass is 28.4. The Hall–Kier alpha value is -4.63. The SMILES string of the molecule is COc1ccc2c(c1)[C@]1(O[C@@H](CCn3cc(CCO)nn3)[C@H]([Si](C)(C)F)[C@H]1C)C(=O)N2Cc1cccc(N2CN(c3ccccc3)C3(CCNCC3)C2=O)c1. The number of anilines is 3. The minimum absolute atomic E-state index is 0.0260.